The van der Waals surface area contributed by atoms with Crippen molar-refractivity contribution in [3.63, 3.8) is 0 Å². The Hall–Kier alpha value is -2.09. The highest BCUT2D eigenvalue weighted by Crippen LogP contribution is 2.24. The second-order valence-corrected chi connectivity index (χ2v) is 5.12. The lowest BCUT2D eigenvalue weighted by atomic mass is 10.2. The minimum Gasteiger partial charge on any atom is -0.259 e. The molecule has 0 aliphatic rings. The molecule has 7 nitrogen and oxygen atoms in total. The van der Waals surface area contributed by atoms with E-state index in [0.29, 0.717) is 10.3 Å². The monoisotopic (exact) mass is 333 g/mol. The predicted octanol–water partition coefficient (Wildman–Crippen LogP) is 1.84. The van der Waals surface area contributed by atoms with E-state index in [2.05, 4.69) is 41.5 Å². The number of halogens is 1. The zero-order chi connectivity index (χ0) is 14.1. The lowest BCUT2D eigenvalue weighted by molar-refractivity contribution is 0.532. The molecule has 1 atom stereocenters. The third kappa shape index (κ3) is 2.22. The van der Waals surface area contributed by atoms with Crippen LogP contribution in [0.15, 0.2) is 35.2 Å². The van der Waals surface area contributed by atoms with Gasteiger partial charge in [0.1, 0.15) is 11.4 Å². The molecule has 0 unspecified atom stereocenters. The van der Waals surface area contributed by atoms with Gasteiger partial charge in [0.15, 0.2) is 4.60 Å². The Kier molecular flexibility index (Phi) is 3.31. The van der Waals surface area contributed by atoms with Crippen LogP contribution in [0, 0.1) is 0 Å². The Labute approximate surface area is 123 Å². The highest BCUT2D eigenvalue weighted by Gasteiger charge is 2.17. The molecule has 0 bridgehead atoms. The van der Waals surface area contributed by atoms with Gasteiger partial charge in [0.25, 0.3) is 0 Å². The Morgan fingerprint density at radius 2 is 2.05 bits per heavy atom. The summed E-state index contributed by atoms with van der Waals surface area (Å²) in [5.41, 5.74) is 2.45. The molecule has 0 amide bonds. The molecular formula is C12H12BrN7. The number of aryl methyl sites for hydroxylation is 1. The van der Waals surface area contributed by atoms with Gasteiger partial charge in [0.2, 0.25) is 0 Å². The van der Waals surface area contributed by atoms with Gasteiger partial charge >= 0.3 is 0 Å². The minimum atomic E-state index is 0.0115. The van der Waals surface area contributed by atoms with Crippen LogP contribution >= 0.6 is 15.9 Å². The van der Waals surface area contributed by atoms with E-state index < -0.39 is 0 Å². The fraction of sp³-hybridized carbons (Fsp3) is 0.250. The van der Waals surface area contributed by atoms with Gasteiger partial charge in [-0.25, -0.2) is 9.36 Å². The van der Waals surface area contributed by atoms with E-state index in [0.717, 1.165) is 11.4 Å². The van der Waals surface area contributed by atoms with Crippen LogP contribution in [-0.2, 0) is 7.05 Å². The standard InChI is InChI=1S/C12H12BrN7/c1-8(9-5-3-4-6-14-9)20-7-10(15-18-20)11-12(13)16-17-19(11)2/h3-8H,1-2H3/t8-/m0/s1. The number of nitrogens with zero attached hydrogens (tertiary/aromatic N) is 7. The molecule has 0 fully saturated rings. The van der Waals surface area contributed by atoms with Crippen LogP contribution in [0.5, 0.6) is 0 Å². The van der Waals surface area contributed by atoms with Gasteiger partial charge in [0, 0.05) is 13.2 Å². The molecule has 0 saturated carbocycles. The van der Waals surface area contributed by atoms with Gasteiger partial charge in [0.05, 0.1) is 17.9 Å². The second-order valence-electron chi connectivity index (χ2n) is 4.37. The minimum absolute atomic E-state index is 0.0115. The highest BCUT2D eigenvalue weighted by molar-refractivity contribution is 9.10. The van der Waals surface area contributed by atoms with Crippen molar-refractivity contribution >= 4 is 15.9 Å². The van der Waals surface area contributed by atoms with Crippen LogP contribution in [0.1, 0.15) is 18.7 Å². The van der Waals surface area contributed by atoms with Crippen LogP contribution in [0.25, 0.3) is 11.4 Å². The fourth-order valence-electron chi connectivity index (χ4n) is 1.94. The van der Waals surface area contributed by atoms with Gasteiger partial charge in [-0.3, -0.25) is 4.98 Å². The van der Waals surface area contributed by atoms with Gasteiger partial charge in [-0.1, -0.05) is 16.5 Å². The molecule has 3 rings (SSSR count). The van der Waals surface area contributed by atoms with Crippen LogP contribution < -0.4 is 0 Å². The van der Waals surface area contributed by atoms with E-state index in [9.17, 15) is 0 Å². The molecule has 3 aromatic heterocycles. The zero-order valence-electron chi connectivity index (χ0n) is 11.0. The van der Waals surface area contributed by atoms with Crippen LogP contribution in [-0.4, -0.2) is 35.0 Å². The molecule has 0 saturated heterocycles. The van der Waals surface area contributed by atoms with Crippen molar-refractivity contribution in [3.05, 3.63) is 40.9 Å². The van der Waals surface area contributed by atoms with E-state index in [1.807, 2.05) is 38.4 Å². The van der Waals surface area contributed by atoms with Gasteiger partial charge in [-0.2, -0.15) is 0 Å². The summed E-state index contributed by atoms with van der Waals surface area (Å²) in [6.07, 6.45) is 3.63. The van der Waals surface area contributed by atoms with Crippen LogP contribution in [0.2, 0.25) is 0 Å². The zero-order valence-corrected chi connectivity index (χ0v) is 12.6. The second kappa shape index (κ2) is 5.12. The first-order valence-electron chi connectivity index (χ1n) is 6.05. The summed E-state index contributed by atoms with van der Waals surface area (Å²) in [5.74, 6) is 0. The number of hydrogen-bond donors (Lipinski definition) is 0. The van der Waals surface area contributed by atoms with E-state index in [1.165, 1.54) is 0 Å². The van der Waals surface area contributed by atoms with E-state index in [-0.39, 0.29) is 6.04 Å². The van der Waals surface area contributed by atoms with Gasteiger partial charge in [-0.05, 0) is 35.0 Å². The fourth-order valence-corrected chi connectivity index (χ4v) is 2.47. The number of pyridine rings is 1. The van der Waals surface area contributed by atoms with Gasteiger partial charge in [-0.15, -0.1) is 10.2 Å². The van der Waals surface area contributed by atoms with Crippen LogP contribution in [0.4, 0.5) is 0 Å². The molecule has 0 spiro atoms. The molecule has 0 aliphatic carbocycles. The maximum atomic E-state index is 4.33. The smallest absolute Gasteiger partial charge is 0.158 e. The summed E-state index contributed by atoms with van der Waals surface area (Å²) in [5, 5.41) is 16.2. The normalized spacial score (nSPS) is 12.6. The van der Waals surface area contributed by atoms with Crippen molar-refractivity contribution in [1.82, 2.24) is 35.0 Å². The molecular weight excluding hydrogens is 322 g/mol. The van der Waals surface area contributed by atoms with Crippen molar-refractivity contribution in [2.24, 2.45) is 7.05 Å². The summed E-state index contributed by atoms with van der Waals surface area (Å²) in [7, 11) is 1.81. The number of rotatable bonds is 3. The van der Waals surface area contributed by atoms with E-state index >= 15 is 0 Å². The van der Waals surface area contributed by atoms with Gasteiger partial charge < -0.3 is 0 Å². The molecule has 20 heavy (non-hydrogen) atoms. The Morgan fingerprint density at radius 1 is 1.20 bits per heavy atom. The lowest BCUT2D eigenvalue weighted by Gasteiger charge is -2.09. The Bertz CT molecular complexity index is 699. The van der Waals surface area contributed by atoms with Crippen molar-refractivity contribution in [1.29, 1.82) is 0 Å². The van der Waals surface area contributed by atoms with E-state index in [4.69, 9.17) is 0 Å². The lowest BCUT2D eigenvalue weighted by Crippen LogP contribution is -2.08. The Balaban J connectivity index is 1.95. The average molecular weight is 334 g/mol. The molecule has 3 aromatic rings. The van der Waals surface area contributed by atoms with Crippen LogP contribution in [0.3, 0.4) is 0 Å². The maximum Gasteiger partial charge on any atom is 0.158 e. The molecule has 102 valence electrons. The summed E-state index contributed by atoms with van der Waals surface area (Å²) in [4.78, 5) is 4.33. The largest absolute Gasteiger partial charge is 0.259 e. The first-order chi connectivity index (χ1) is 9.66. The SMILES string of the molecule is C[C@@H](c1ccccn1)n1cc(-c2c(Br)nnn2C)nn1. The van der Waals surface area contributed by atoms with Crippen molar-refractivity contribution < 1.29 is 0 Å². The first kappa shape index (κ1) is 12.9. The van der Waals surface area contributed by atoms with Crippen molar-refractivity contribution in [2.75, 3.05) is 0 Å². The summed E-state index contributed by atoms with van der Waals surface area (Å²) in [6, 6.07) is 5.82. The predicted molar refractivity (Wildman–Crippen MR) is 75.8 cm³/mol. The molecule has 0 N–H and O–H groups in total. The van der Waals surface area contributed by atoms with Crippen molar-refractivity contribution in [3.8, 4) is 11.4 Å². The topological polar surface area (TPSA) is 74.3 Å². The summed E-state index contributed by atoms with van der Waals surface area (Å²) in [6.45, 7) is 2.03. The van der Waals surface area contributed by atoms with Crippen molar-refractivity contribution in [2.45, 2.75) is 13.0 Å². The molecule has 3 heterocycles. The van der Waals surface area contributed by atoms with E-state index in [1.54, 1.807) is 15.6 Å². The third-order valence-electron chi connectivity index (χ3n) is 3.05. The highest BCUT2D eigenvalue weighted by atomic mass is 79.9. The molecule has 8 heteroatoms. The molecule has 0 aromatic carbocycles. The summed E-state index contributed by atoms with van der Waals surface area (Å²) < 4.78 is 4.08. The summed E-state index contributed by atoms with van der Waals surface area (Å²) >= 11 is 3.36. The molecule has 0 aliphatic heterocycles. The number of aromatic nitrogens is 7. The average Bonchev–Trinajstić information content (AvgIpc) is 3.06. The maximum absolute atomic E-state index is 4.33. The first-order valence-corrected chi connectivity index (χ1v) is 6.84. The molecule has 0 radical (unpaired) electrons. The quantitative estimate of drug-likeness (QED) is 0.731. The third-order valence-corrected chi connectivity index (χ3v) is 3.59. The number of hydrogen-bond acceptors (Lipinski definition) is 5. The Morgan fingerprint density at radius 3 is 2.70 bits per heavy atom.